The number of aromatic amines is 1. The quantitative estimate of drug-likeness (QED) is 0.148. The van der Waals surface area contributed by atoms with Crippen LogP contribution in [0.15, 0.2) is 15.8 Å². The van der Waals surface area contributed by atoms with E-state index in [4.69, 9.17) is 16.2 Å². The number of hydrogen-bond acceptors (Lipinski definition) is 12. The van der Waals surface area contributed by atoms with Gasteiger partial charge in [0.25, 0.3) is 5.56 Å². The number of ether oxygens (including phenoxy) is 2. The van der Waals surface area contributed by atoms with Gasteiger partial charge >= 0.3 is 17.8 Å². The first kappa shape index (κ1) is 26.9. The van der Waals surface area contributed by atoms with E-state index in [1.165, 1.54) is 0 Å². The molecule has 190 valence electrons. The van der Waals surface area contributed by atoms with E-state index >= 15 is 0 Å². The molecule has 0 aliphatic carbocycles. The van der Waals surface area contributed by atoms with Gasteiger partial charge in [-0.1, -0.05) is 0 Å². The summed E-state index contributed by atoms with van der Waals surface area (Å²) in [5.74, 6) is -2.79. The number of carbonyl (C=O) groups is 3. The monoisotopic (exact) mass is 491 g/mol. The van der Waals surface area contributed by atoms with Gasteiger partial charge in [-0.15, -0.1) is 0 Å². The molecule has 1 aliphatic heterocycles. The fourth-order valence-electron chi connectivity index (χ4n) is 3.21. The topological polar surface area (TPSA) is 290 Å². The zero-order valence-corrected chi connectivity index (χ0v) is 17.4. The minimum atomic E-state index is -1.97. The molecule has 2 heterocycles. The first-order valence-corrected chi connectivity index (χ1v) is 9.73. The summed E-state index contributed by atoms with van der Waals surface area (Å²) in [7, 11) is 0. The van der Waals surface area contributed by atoms with Crippen molar-refractivity contribution in [1.29, 1.82) is 0 Å². The molecule has 7 atom stereocenters. The van der Waals surface area contributed by atoms with Crippen molar-refractivity contribution in [2.24, 2.45) is 11.5 Å². The Morgan fingerprint density at radius 3 is 2.47 bits per heavy atom. The smallest absolute Gasteiger partial charge is 0.404 e. The van der Waals surface area contributed by atoms with E-state index in [1.54, 1.807) is 0 Å². The van der Waals surface area contributed by atoms with E-state index in [9.17, 15) is 49.5 Å². The van der Waals surface area contributed by atoms with Crippen molar-refractivity contribution in [3.05, 3.63) is 32.6 Å². The predicted molar refractivity (Wildman–Crippen MR) is 107 cm³/mol. The number of hydrogen-bond donors (Lipinski definition) is 9. The summed E-state index contributed by atoms with van der Waals surface area (Å²) in [5, 5.41) is 51.1. The summed E-state index contributed by atoms with van der Waals surface area (Å²) >= 11 is 0. The molecule has 1 fully saturated rings. The third-order valence-electron chi connectivity index (χ3n) is 4.93. The summed E-state index contributed by atoms with van der Waals surface area (Å²) in [6.07, 6.45) is -9.43. The molecule has 1 aromatic heterocycles. The van der Waals surface area contributed by atoms with Gasteiger partial charge < -0.3 is 51.8 Å². The van der Waals surface area contributed by atoms with Gasteiger partial charge in [-0.2, -0.15) is 0 Å². The van der Waals surface area contributed by atoms with Crippen molar-refractivity contribution in [2.75, 3.05) is 6.61 Å². The lowest BCUT2D eigenvalue weighted by Crippen LogP contribution is -2.56. The maximum Gasteiger partial charge on any atom is 0.404 e. The zero-order chi connectivity index (χ0) is 25.7. The lowest BCUT2D eigenvalue weighted by molar-refractivity contribution is -0.149. The van der Waals surface area contributed by atoms with Gasteiger partial charge in [0.15, 0.2) is 12.3 Å². The number of nitrogens with two attached hydrogens (primary N) is 2. The highest BCUT2D eigenvalue weighted by Gasteiger charge is 2.50. The molecule has 0 bridgehead atoms. The average molecular weight is 491 g/mol. The summed E-state index contributed by atoms with van der Waals surface area (Å²) in [6.45, 7) is -1.34. The molecule has 7 unspecified atom stereocenters. The zero-order valence-electron chi connectivity index (χ0n) is 17.4. The van der Waals surface area contributed by atoms with Crippen LogP contribution < -0.4 is 28.0 Å². The third-order valence-corrected chi connectivity index (χ3v) is 4.93. The molecule has 1 saturated heterocycles. The van der Waals surface area contributed by atoms with Crippen LogP contribution in [-0.4, -0.2) is 96.2 Å². The van der Waals surface area contributed by atoms with Crippen LogP contribution in [0.5, 0.6) is 0 Å². The normalized spacial score (nSPS) is 24.7. The number of aromatic nitrogens is 2. The van der Waals surface area contributed by atoms with Gasteiger partial charge in [0, 0.05) is 12.6 Å². The lowest BCUT2D eigenvalue weighted by atomic mass is 10.0. The van der Waals surface area contributed by atoms with Crippen LogP contribution in [0.25, 0.3) is 0 Å². The molecule has 17 heteroatoms. The highest BCUT2D eigenvalue weighted by atomic mass is 16.6. The van der Waals surface area contributed by atoms with Gasteiger partial charge in [0.05, 0.1) is 24.3 Å². The van der Waals surface area contributed by atoms with Crippen LogP contribution in [0.3, 0.4) is 0 Å². The minimum Gasteiger partial charge on any atom is -0.480 e. The van der Waals surface area contributed by atoms with Crippen LogP contribution >= 0.6 is 0 Å². The Kier molecular flexibility index (Phi) is 8.85. The first-order valence-electron chi connectivity index (χ1n) is 9.73. The second-order valence-corrected chi connectivity index (χ2v) is 7.40. The molecule has 0 saturated carbocycles. The number of carboxylic acid groups (broad SMARTS) is 1. The number of primary amides is 1. The maximum atomic E-state index is 12.3. The molecule has 2 rings (SSSR count). The number of carboxylic acids is 1. The number of H-pyrrole nitrogens is 1. The van der Waals surface area contributed by atoms with Crippen LogP contribution in [0.4, 0.5) is 4.79 Å². The van der Waals surface area contributed by atoms with E-state index < -0.39 is 91.6 Å². The average Bonchev–Trinajstić information content (AvgIpc) is 3.04. The van der Waals surface area contributed by atoms with Crippen molar-refractivity contribution >= 4 is 18.0 Å². The largest absolute Gasteiger partial charge is 0.480 e. The Hall–Kier alpha value is -3.35. The second-order valence-electron chi connectivity index (χ2n) is 7.40. The van der Waals surface area contributed by atoms with E-state index in [1.807, 2.05) is 10.3 Å². The number of aliphatic carboxylic acids is 1. The Balaban J connectivity index is 2.18. The van der Waals surface area contributed by atoms with E-state index in [0.29, 0.717) is 4.57 Å². The van der Waals surface area contributed by atoms with E-state index in [2.05, 4.69) is 4.74 Å². The molecule has 1 aromatic rings. The fraction of sp³-hybridized carbons (Fsp3) is 0.588. The predicted octanol–water partition coefficient (Wildman–Crippen LogP) is -5.61. The number of amides is 2. The highest BCUT2D eigenvalue weighted by molar-refractivity contribution is 5.87. The Bertz CT molecular complexity index is 1020. The standard InChI is InChI=1S/C17H25N5O12/c18-7(1-6(24)4-33-16(19)31)13(28)20-8(15(29)30)11-9(25)10(26)14(34-11)22-2-5(3-23)12(27)21-17(22)32/h2,6-11,14,23-26H,1,3-4,18H2,(H2,19,31)(H,20,28)(H,29,30)(H,21,27,32). The van der Waals surface area contributed by atoms with Crippen molar-refractivity contribution in [2.45, 2.75) is 55.8 Å². The maximum absolute atomic E-state index is 12.3. The Morgan fingerprint density at radius 1 is 1.26 bits per heavy atom. The Morgan fingerprint density at radius 2 is 1.91 bits per heavy atom. The van der Waals surface area contributed by atoms with Gasteiger partial charge in [-0.3, -0.25) is 19.1 Å². The summed E-state index contributed by atoms with van der Waals surface area (Å²) in [4.78, 5) is 60.2. The number of nitrogens with one attached hydrogen (secondary N) is 2. The minimum absolute atomic E-state index is 0.277. The van der Waals surface area contributed by atoms with Crippen LogP contribution in [-0.2, 0) is 25.7 Å². The third kappa shape index (κ3) is 6.16. The second kappa shape index (κ2) is 11.2. The number of rotatable bonds is 10. The summed E-state index contributed by atoms with van der Waals surface area (Å²) in [5.41, 5.74) is 8.12. The molecular formula is C17H25N5O12. The summed E-state index contributed by atoms with van der Waals surface area (Å²) < 4.78 is 10.3. The number of aliphatic hydroxyl groups is 4. The van der Waals surface area contributed by atoms with E-state index in [-0.39, 0.29) is 5.56 Å². The molecule has 0 aromatic carbocycles. The molecule has 2 amide bonds. The highest BCUT2D eigenvalue weighted by Crippen LogP contribution is 2.30. The lowest BCUT2D eigenvalue weighted by Gasteiger charge is -2.25. The van der Waals surface area contributed by atoms with Gasteiger partial charge in [0.1, 0.15) is 24.9 Å². The molecule has 0 radical (unpaired) electrons. The number of carbonyl (C=O) groups excluding carboxylic acids is 2. The van der Waals surface area contributed by atoms with Crippen molar-refractivity contribution in [1.82, 2.24) is 14.9 Å². The molecular weight excluding hydrogens is 466 g/mol. The Labute approximate surface area is 189 Å². The molecule has 17 nitrogen and oxygen atoms in total. The van der Waals surface area contributed by atoms with Crippen molar-refractivity contribution in [3.8, 4) is 0 Å². The molecule has 1 aliphatic rings. The van der Waals surface area contributed by atoms with Gasteiger partial charge in [0.2, 0.25) is 5.91 Å². The van der Waals surface area contributed by atoms with Gasteiger partial charge in [-0.05, 0) is 0 Å². The van der Waals surface area contributed by atoms with Crippen LogP contribution in [0, 0.1) is 0 Å². The SMILES string of the molecule is NC(=O)OCC(O)CC(N)C(=O)NC(C(=O)O)C1OC(n2cc(CO)c(=O)[nH]c2=O)C(O)C1O. The number of nitrogens with zero attached hydrogens (tertiary/aromatic N) is 1. The molecule has 11 N–H and O–H groups in total. The first-order chi connectivity index (χ1) is 15.9. The summed E-state index contributed by atoms with van der Waals surface area (Å²) in [6, 6.07) is -3.45. The van der Waals surface area contributed by atoms with E-state index in [0.717, 1.165) is 6.20 Å². The molecule has 34 heavy (non-hydrogen) atoms. The van der Waals surface area contributed by atoms with Crippen molar-refractivity contribution in [3.63, 3.8) is 0 Å². The van der Waals surface area contributed by atoms with Gasteiger partial charge in [-0.25, -0.2) is 14.4 Å². The fourth-order valence-corrected chi connectivity index (χ4v) is 3.21. The number of aliphatic hydroxyl groups excluding tert-OH is 4. The van der Waals surface area contributed by atoms with Crippen LogP contribution in [0.1, 0.15) is 18.2 Å². The van der Waals surface area contributed by atoms with Crippen LogP contribution in [0.2, 0.25) is 0 Å². The van der Waals surface area contributed by atoms with Crippen molar-refractivity contribution < 1.29 is 49.4 Å². The molecule has 0 spiro atoms.